The van der Waals surface area contributed by atoms with Crippen molar-refractivity contribution in [1.29, 1.82) is 0 Å². The molecule has 0 unspecified atom stereocenters. The van der Waals surface area contributed by atoms with Crippen LogP contribution in [0, 0.1) is 5.82 Å². The standard InChI is InChI=1S/C12H16FN3/c13-10-8-14-12(15-11(10)9-4-5-9)16-6-2-1-3-7-16/h8-9H,1-7H2. The number of anilines is 1. The summed E-state index contributed by atoms with van der Waals surface area (Å²) >= 11 is 0. The minimum atomic E-state index is -0.233. The zero-order valence-electron chi connectivity index (χ0n) is 9.32. The Hall–Kier alpha value is -1.19. The summed E-state index contributed by atoms with van der Waals surface area (Å²) in [6, 6.07) is 0. The smallest absolute Gasteiger partial charge is 0.225 e. The number of hydrogen-bond donors (Lipinski definition) is 0. The molecule has 1 saturated heterocycles. The maximum Gasteiger partial charge on any atom is 0.225 e. The third-order valence-electron chi connectivity index (χ3n) is 3.36. The van der Waals surface area contributed by atoms with Crippen LogP contribution < -0.4 is 4.90 Å². The molecule has 1 aromatic heterocycles. The summed E-state index contributed by atoms with van der Waals surface area (Å²) in [7, 11) is 0. The second-order valence-electron chi connectivity index (χ2n) is 4.73. The van der Waals surface area contributed by atoms with Crippen LogP contribution in [0.5, 0.6) is 0 Å². The molecule has 2 aliphatic rings. The molecule has 16 heavy (non-hydrogen) atoms. The number of nitrogens with zero attached hydrogens (tertiary/aromatic N) is 3. The van der Waals surface area contributed by atoms with E-state index in [2.05, 4.69) is 14.9 Å². The molecule has 1 saturated carbocycles. The quantitative estimate of drug-likeness (QED) is 0.768. The normalized spacial score (nSPS) is 21.2. The number of rotatable bonds is 2. The Morgan fingerprint density at radius 1 is 1.19 bits per heavy atom. The average Bonchev–Trinajstić information content (AvgIpc) is 3.15. The fourth-order valence-electron chi connectivity index (χ4n) is 2.26. The molecule has 0 bridgehead atoms. The summed E-state index contributed by atoms with van der Waals surface area (Å²) < 4.78 is 13.5. The Morgan fingerprint density at radius 3 is 2.62 bits per heavy atom. The first-order valence-electron chi connectivity index (χ1n) is 6.12. The second-order valence-corrected chi connectivity index (χ2v) is 4.73. The highest BCUT2D eigenvalue weighted by Gasteiger charge is 2.29. The molecule has 2 heterocycles. The summed E-state index contributed by atoms with van der Waals surface area (Å²) in [5.74, 6) is 0.845. The van der Waals surface area contributed by atoms with Crippen LogP contribution in [0.4, 0.5) is 10.3 Å². The Morgan fingerprint density at radius 2 is 1.94 bits per heavy atom. The Kier molecular flexibility index (Phi) is 2.50. The molecule has 3 nitrogen and oxygen atoms in total. The monoisotopic (exact) mass is 221 g/mol. The van der Waals surface area contributed by atoms with E-state index in [4.69, 9.17) is 0 Å². The maximum atomic E-state index is 13.5. The summed E-state index contributed by atoms with van der Waals surface area (Å²) in [5, 5.41) is 0. The van der Waals surface area contributed by atoms with Crippen LogP contribution in [0.1, 0.15) is 43.7 Å². The largest absolute Gasteiger partial charge is 0.341 e. The van der Waals surface area contributed by atoms with Gasteiger partial charge in [0.2, 0.25) is 5.95 Å². The lowest BCUT2D eigenvalue weighted by atomic mass is 10.1. The molecular weight excluding hydrogens is 205 g/mol. The van der Waals surface area contributed by atoms with Gasteiger partial charge in [0.05, 0.1) is 11.9 Å². The van der Waals surface area contributed by atoms with Crippen molar-refractivity contribution in [2.75, 3.05) is 18.0 Å². The lowest BCUT2D eigenvalue weighted by Gasteiger charge is -2.26. The van der Waals surface area contributed by atoms with Gasteiger partial charge in [0.1, 0.15) is 0 Å². The number of halogens is 1. The summed E-state index contributed by atoms with van der Waals surface area (Å²) in [4.78, 5) is 10.7. The fraction of sp³-hybridized carbons (Fsp3) is 0.667. The van der Waals surface area contributed by atoms with Crippen molar-refractivity contribution in [3.63, 3.8) is 0 Å². The molecule has 4 heteroatoms. The van der Waals surface area contributed by atoms with E-state index in [9.17, 15) is 4.39 Å². The molecule has 3 rings (SSSR count). The minimum Gasteiger partial charge on any atom is -0.341 e. The first-order valence-corrected chi connectivity index (χ1v) is 6.12. The van der Waals surface area contributed by atoms with Crippen molar-refractivity contribution >= 4 is 5.95 Å². The van der Waals surface area contributed by atoms with Gasteiger partial charge in [0.25, 0.3) is 0 Å². The second kappa shape index (κ2) is 4.00. The van der Waals surface area contributed by atoms with E-state index in [1.54, 1.807) is 0 Å². The van der Waals surface area contributed by atoms with Gasteiger partial charge < -0.3 is 4.90 Å². The van der Waals surface area contributed by atoms with Gasteiger partial charge in [0, 0.05) is 19.0 Å². The highest BCUT2D eigenvalue weighted by molar-refractivity contribution is 5.33. The predicted molar refractivity (Wildman–Crippen MR) is 60.0 cm³/mol. The average molecular weight is 221 g/mol. The van der Waals surface area contributed by atoms with Crippen molar-refractivity contribution in [2.45, 2.75) is 38.0 Å². The summed E-state index contributed by atoms with van der Waals surface area (Å²) in [6.07, 6.45) is 7.16. The molecule has 0 atom stereocenters. The first-order chi connectivity index (χ1) is 7.84. The van der Waals surface area contributed by atoms with Crippen LogP contribution in [0.25, 0.3) is 0 Å². The van der Waals surface area contributed by atoms with Gasteiger partial charge in [-0.3, -0.25) is 0 Å². The van der Waals surface area contributed by atoms with E-state index in [0.29, 0.717) is 11.6 Å². The van der Waals surface area contributed by atoms with Crippen LogP contribution in [0.2, 0.25) is 0 Å². The number of aromatic nitrogens is 2. The van der Waals surface area contributed by atoms with Gasteiger partial charge in [-0.1, -0.05) is 0 Å². The van der Waals surface area contributed by atoms with Crippen molar-refractivity contribution in [2.24, 2.45) is 0 Å². The first kappa shape index (κ1) is 10.00. The Labute approximate surface area is 94.7 Å². The molecule has 1 aliphatic heterocycles. The van der Waals surface area contributed by atoms with Gasteiger partial charge in [-0.2, -0.15) is 0 Å². The number of hydrogen-bond acceptors (Lipinski definition) is 3. The molecule has 1 aromatic rings. The molecule has 0 radical (unpaired) electrons. The van der Waals surface area contributed by atoms with E-state index in [-0.39, 0.29) is 5.82 Å². The molecule has 0 N–H and O–H groups in total. The topological polar surface area (TPSA) is 29.0 Å². The van der Waals surface area contributed by atoms with Gasteiger partial charge >= 0.3 is 0 Å². The molecular formula is C12H16FN3. The van der Waals surface area contributed by atoms with Gasteiger partial charge in [-0.15, -0.1) is 0 Å². The zero-order chi connectivity index (χ0) is 11.0. The zero-order valence-corrected chi connectivity index (χ0v) is 9.32. The summed E-state index contributed by atoms with van der Waals surface area (Å²) in [6.45, 7) is 2.02. The van der Waals surface area contributed by atoms with Crippen LogP contribution in [0.15, 0.2) is 6.20 Å². The van der Waals surface area contributed by atoms with Crippen molar-refractivity contribution in [3.05, 3.63) is 17.7 Å². The molecule has 2 fully saturated rings. The Bertz CT molecular complexity index is 384. The lowest BCUT2D eigenvalue weighted by Crippen LogP contribution is -2.31. The lowest BCUT2D eigenvalue weighted by molar-refractivity contribution is 0.555. The minimum absolute atomic E-state index is 0.233. The molecule has 0 spiro atoms. The fourth-order valence-corrected chi connectivity index (χ4v) is 2.26. The van der Waals surface area contributed by atoms with Crippen molar-refractivity contribution < 1.29 is 4.39 Å². The van der Waals surface area contributed by atoms with E-state index in [1.165, 1.54) is 25.5 Å². The van der Waals surface area contributed by atoms with Crippen molar-refractivity contribution in [1.82, 2.24) is 9.97 Å². The molecule has 1 aliphatic carbocycles. The van der Waals surface area contributed by atoms with Crippen LogP contribution in [-0.2, 0) is 0 Å². The number of piperidine rings is 1. The molecule has 0 aromatic carbocycles. The Balaban J connectivity index is 1.85. The van der Waals surface area contributed by atoms with Gasteiger partial charge in [-0.25, -0.2) is 14.4 Å². The summed E-state index contributed by atoms with van der Waals surface area (Å²) in [5.41, 5.74) is 0.635. The maximum absolute atomic E-state index is 13.5. The van der Waals surface area contributed by atoms with Crippen LogP contribution in [-0.4, -0.2) is 23.1 Å². The van der Waals surface area contributed by atoms with E-state index < -0.39 is 0 Å². The van der Waals surface area contributed by atoms with E-state index >= 15 is 0 Å². The highest BCUT2D eigenvalue weighted by atomic mass is 19.1. The SMILES string of the molecule is Fc1cnc(N2CCCCC2)nc1C1CC1. The third kappa shape index (κ3) is 1.88. The van der Waals surface area contributed by atoms with Crippen molar-refractivity contribution in [3.8, 4) is 0 Å². The van der Waals surface area contributed by atoms with Gasteiger partial charge in [-0.05, 0) is 32.1 Å². The predicted octanol–water partition coefficient (Wildman–Crippen LogP) is 2.48. The van der Waals surface area contributed by atoms with Crippen LogP contribution >= 0.6 is 0 Å². The molecule has 86 valence electrons. The van der Waals surface area contributed by atoms with Crippen LogP contribution in [0.3, 0.4) is 0 Å². The van der Waals surface area contributed by atoms with E-state index in [0.717, 1.165) is 31.9 Å². The van der Waals surface area contributed by atoms with Gasteiger partial charge in [0.15, 0.2) is 5.82 Å². The highest BCUT2D eigenvalue weighted by Crippen LogP contribution is 2.40. The molecule has 0 amide bonds. The van der Waals surface area contributed by atoms with E-state index in [1.807, 2.05) is 0 Å². The third-order valence-corrected chi connectivity index (χ3v) is 3.36.